The summed E-state index contributed by atoms with van der Waals surface area (Å²) in [5, 5.41) is 4.69. The van der Waals surface area contributed by atoms with E-state index in [0.29, 0.717) is 41.3 Å². The molecular formula is C20H25Cl2NO3. The first kappa shape index (κ1) is 20.8. The molecule has 1 N–H and O–H groups in total. The molecule has 2 aromatic carbocycles. The molecule has 4 nitrogen and oxygen atoms in total. The van der Waals surface area contributed by atoms with Crippen LogP contribution in [0.1, 0.15) is 24.5 Å². The van der Waals surface area contributed by atoms with E-state index in [-0.39, 0.29) is 0 Å². The van der Waals surface area contributed by atoms with E-state index in [1.54, 1.807) is 7.11 Å². The minimum atomic E-state index is 0.394. The number of halogens is 2. The van der Waals surface area contributed by atoms with Gasteiger partial charge in [0.1, 0.15) is 6.61 Å². The number of hydrogen-bond donors (Lipinski definition) is 1. The fraction of sp³-hybridized carbons (Fsp3) is 0.400. The third-order valence-corrected chi connectivity index (χ3v) is 4.30. The van der Waals surface area contributed by atoms with Crippen LogP contribution in [-0.2, 0) is 17.9 Å². The average molecular weight is 398 g/mol. The fourth-order valence-electron chi connectivity index (χ4n) is 2.45. The van der Waals surface area contributed by atoms with Gasteiger partial charge in [-0.3, -0.25) is 0 Å². The summed E-state index contributed by atoms with van der Waals surface area (Å²) in [4.78, 5) is 0. The van der Waals surface area contributed by atoms with E-state index in [2.05, 4.69) is 5.32 Å². The maximum atomic E-state index is 6.43. The predicted molar refractivity (Wildman–Crippen MR) is 107 cm³/mol. The number of rotatable bonds is 11. The minimum Gasteiger partial charge on any atom is -0.490 e. The molecule has 0 spiro atoms. The van der Waals surface area contributed by atoms with Gasteiger partial charge < -0.3 is 19.5 Å². The molecule has 0 saturated heterocycles. The average Bonchev–Trinajstić information content (AvgIpc) is 2.62. The highest BCUT2D eigenvalue weighted by molar-refractivity contribution is 6.31. The normalized spacial score (nSPS) is 10.8. The molecule has 0 aliphatic carbocycles. The van der Waals surface area contributed by atoms with Gasteiger partial charge in [-0.1, -0.05) is 35.3 Å². The molecule has 0 atom stereocenters. The van der Waals surface area contributed by atoms with E-state index in [4.69, 9.17) is 37.4 Å². The Morgan fingerprint density at radius 1 is 1.04 bits per heavy atom. The topological polar surface area (TPSA) is 39.7 Å². The Hall–Kier alpha value is -1.46. The van der Waals surface area contributed by atoms with E-state index in [9.17, 15) is 0 Å². The van der Waals surface area contributed by atoms with Crippen molar-refractivity contribution in [1.29, 1.82) is 0 Å². The van der Waals surface area contributed by atoms with Gasteiger partial charge in [0.25, 0.3) is 0 Å². The summed E-state index contributed by atoms with van der Waals surface area (Å²) in [6.45, 7) is 5.15. The SMILES string of the molecule is CCOc1cc(CNCCCOC)c(Cl)cc1OCc1cccc(Cl)c1. The highest BCUT2D eigenvalue weighted by Crippen LogP contribution is 2.34. The van der Waals surface area contributed by atoms with Crippen molar-refractivity contribution in [2.75, 3.05) is 26.9 Å². The summed E-state index contributed by atoms with van der Waals surface area (Å²) in [6, 6.07) is 11.3. The number of hydrogen-bond acceptors (Lipinski definition) is 4. The first-order valence-electron chi connectivity index (χ1n) is 8.66. The van der Waals surface area contributed by atoms with Gasteiger partial charge in [0.15, 0.2) is 11.5 Å². The van der Waals surface area contributed by atoms with Crippen LogP contribution in [0.5, 0.6) is 11.5 Å². The summed E-state index contributed by atoms with van der Waals surface area (Å²) >= 11 is 12.4. The maximum Gasteiger partial charge on any atom is 0.163 e. The molecule has 0 saturated carbocycles. The van der Waals surface area contributed by atoms with Gasteiger partial charge in [0, 0.05) is 36.4 Å². The van der Waals surface area contributed by atoms with Crippen LogP contribution in [0.3, 0.4) is 0 Å². The van der Waals surface area contributed by atoms with Crippen molar-refractivity contribution in [3.63, 3.8) is 0 Å². The highest BCUT2D eigenvalue weighted by atomic mass is 35.5. The zero-order valence-electron chi connectivity index (χ0n) is 15.2. The van der Waals surface area contributed by atoms with E-state index in [1.807, 2.05) is 43.3 Å². The summed E-state index contributed by atoms with van der Waals surface area (Å²) in [6.07, 6.45) is 0.952. The molecule has 0 fully saturated rings. The van der Waals surface area contributed by atoms with Crippen LogP contribution in [0.15, 0.2) is 36.4 Å². The summed E-state index contributed by atoms with van der Waals surface area (Å²) in [7, 11) is 1.70. The van der Waals surface area contributed by atoms with Crippen LogP contribution in [0.2, 0.25) is 10.0 Å². The lowest BCUT2D eigenvalue weighted by atomic mass is 10.2. The molecular weight excluding hydrogens is 373 g/mol. The van der Waals surface area contributed by atoms with Crippen molar-refractivity contribution in [1.82, 2.24) is 5.32 Å². The number of nitrogens with one attached hydrogen (secondary N) is 1. The van der Waals surface area contributed by atoms with E-state index >= 15 is 0 Å². The second-order valence-electron chi connectivity index (χ2n) is 5.77. The molecule has 2 rings (SSSR count). The Morgan fingerprint density at radius 2 is 1.85 bits per heavy atom. The van der Waals surface area contributed by atoms with Gasteiger partial charge in [-0.2, -0.15) is 0 Å². The van der Waals surface area contributed by atoms with Crippen molar-refractivity contribution < 1.29 is 14.2 Å². The van der Waals surface area contributed by atoms with Gasteiger partial charge in [-0.15, -0.1) is 0 Å². The molecule has 0 aliphatic rings. The Kier molecular flexibility index (Phi) is 9.06. The van der Waals surface area contributed by atoms with Crippen LogP contribution in [0.4, 0.5) is 0 Å². The zero-order valence-corrected chi connectivity index (χ0v) is 16.7. The summed E-state index contributed by atoms with van der Waals surface area (Å²) in [5.41, 5.74) is 1.96. The smallest absolute Gasteiger partial charge is 0.163 e. The van der Waals surface area contributed by atoms with Crippen LogP contribution in [0, 0.1) is 0 Å². The van der Waals surface area contributed by atoms with E-state index in [1.165, 1.54) is 0 Å². The third kappa shape index (κ3) is 6.69. The Morgan fingerprint density at radius 3 is 2.58 bits per heavy atom. The molecule has 0 amide bonds. The Labute approximate surface area is 165 Å². The molecule has 0 radical (unpaired) electrons. The highest BCUT2D eigenvalue weighted by Gasteiger charge is 2.11. The first-order chi connectivity index (χ1) is 12.6. The van der Waals surface area contributed by atoms with Crippen molar-refractivity contribution in [3.05, 3.63) is 57.6 Å². The van der Waals surface area contributed by atoms with Crippen molar-refractivity contribution in [2.24, 2.45) is 0 Å². The molecule has 6 heteroatoms. The minimum absolute atomic E-state index is 0.394. The fourth-order valence-corrected chi connectivity index (χ4v) is 2.88. The van der Waals surface area contributed by atoms with Gasteiger partial charge in [0.05, 0.1) is 6.61 Å². The van der Waals surface area contributed by atoms with E-state index in [0.717, 1.165) is 30.7 Å². The molecule has 0 unspecified atom stereocenters. The van der Waals surface area contributed by atoms with Crippen LogP contribution >= 0.6 is 23.2 Å². The molecule has 26 heavy (non-hydrogen) atoms. The lowest BCUT2D eigenvalue weighted by Gasteiger charge is -2.15. The van der Waals surface area contributed by atoms with E-state index < -0.39 is 0 Å². The molecule has 0 bridgehead atoms. The van der Waals surface area contributed by atoms with Crippen LogP contribution in [-0.4, -0.2) is 26.9 Å². The predicted octanol–water partition coefficient (Wildman–Crippen LogP) is 5.10. The number of benzene rings is 2. The van der Waals surface area contributed by atoms with Crippen molar-refractivity contribution in [3.8, 4) is 11.5 Å². The number of ether oxygens (including phenoxy) is 3. The molecule has 142 valence electrons. The van der Waals surface area contributed by atoms with Crippen molar-refractivity contribution >= 4 is 23.2 Å². The van der Waals surface area contributed by atoms with Crippen molar-refractivity contribution in [2.45, 2.75) is 26.5 Å². The quantitative estimate of drug-likeness (QED) is 0.535. The third-order valence-electron chi connectivity index (χ3n) is 3.71. The lowest BCUT2D eigenvalue weighted by molar-refractivity contribution is 0.194. The number of methoxy groups -OCH3 is 1. The monoisotopic (exact) mass is 397 g/mol. The van der Waals surface area contributed by atoms with Gasteiger partial charge in [-0.25, -0.2) is 0 Å². The maximum absolute atomic E-state index is 6.43. The van der Waals surface area contributed by atoms with Gasteiger partial charge >= 0.3 is 0 Å². The Bertz CT molecular complexity index is 695. The summed E-state index contributed by atoms with van der Waals surface area (Å²) in [5.74, 6) is 1.31. The second kappa shape index (κ2) is 11.3. The zero-order chi connectivity index (χ0) is 18.8. The standard InChI is InChI=1S/C20H25Cl2NO3/c1-3-25-19-11-16(13-23-8-5-9-24-2)18(22)12-20(19)26-14-15-6-4-7-17(21)10-15/h4,6-7,10-12,23H,3,5,8-9,13-14H2,1-2H3. The summed E-state index contributed by atoms with van der Waals surface area (Å²) < 4.78 is 16.7. The molecule has 0 aliphatic heterocycles. The lowest BCUT2D eigenvalue weighted by Crippen LogP contribution is -2.16. The first-order valence-corrected chi connectivity index (χ1v) is 9.41. The second-order valence-corrected chi connectivity index (χ2v) is 6.61. The largest absolute Gasteiger partial charge is 0.490 e. The van der Waals surface area contributed by atoms with Crippen LogP contribution < -0.4 is 14.8 Å². The molecule has 0 aromatic heterocycles. The Balaban J connectivity index is 2.04. The van der Waals surface area contributed by atoms with Gasteiger partial charge in [-0.05, 0) is 49.2 Å². The molecule has 0 heterocycles. The van der Waals surface area contributed by atoms with Crippen LogP contribution in [0.25, 0.3) is 0 Å². The van der Waals surface area contributed by atoms with Gasteiger partial charge in [0.2, 0.25) is 0 Å². The molecule has 2 aromatic rings.